The van der Waals surface area contributed by atoms with Gasteiger partial charge in [0.2, 0.25) is 0 Å². The standard InChI is InChI=1S/C18H20N2/c19-13-9-7-12(8-10-13)17-14-4-1-2-5-15(14)18-16(17)6-3-11-20-18/h1-2,4-5,7-10,16-18,20H,3,6,11,19H2/t16-,17+,18+/m0/s1. The fourth-order valence-corrected chi connectivity index (χ4v) is 4.05. The molecule has 102 valence electrons. The summed E-state index contributed by atoms with van der Waals surface area (Å²) >= 11 is 0. The zero-order chi connectivity index (χ0) is 13.5. The fourth-order valence-electron chi connectivity index (χ4n) is 4.05. The molecule has 2 aromatic carbocycles. The van der Waals surface area contributed by atoms with E-state index in [1.165, 1.54) is 29.5 Å². The molecular weight excluding hydrogens is 244 g/mol. The van der Waals surface area contributed by atoms with Crippen molar-refractivity contribution in [1.29, 1.82) is 0 Å². The lowest BCUT2D eigenvalue weighted by molar-refractivity contribution is 0.287. The molecule has 3 atom stereocenters. The second-order valence-electron chi connectivity index (χ2n) is 6.01. The van der Waals surface area contributed by atoms with E-state index in [0.29, 0.717) is 17.9 Å². The first-order chi connectivity index (χ1) is 9.84. The molecule has 0 saturated carbocycles. The fraction of sp³-hybridized carbons (Fsp3) is 0.333. The van der Waals surface area contributed by atoms with E-state index in [9.17, 15) is 0 Å². The van der Waals surface area contributed by atoms with E-state index in [1.54, 1.807) is 0 Å². The summed E-state index contributed by atoms with van der Waals surface area (Å²) in [6.45, 7) is 1.14. The molecule has 0 amide bonds. The summed E-state index contributed by atoms with van der Waals surface area (Å²) in [6, 6.07) is 17.9. The minimum atomic E-state index is 0.518. The summed E-state index contributed by atoms with van der Waals surface area (Å²) in [4.78, 5) is 0. The van der Waals surface area contributed by atoms with E-state index in [0.717, 1.165) is 12.2 Å². The lowest BCUT2D eigenvalue weighted by Crippen LogP contribution is -2.32. The molecule has 3 N–H and O–H groups in total. The van der Waals surface area contributed by atoms with Gasteiger partial charge in [0.25, 0.3) is 0 Å². The molecule has 2 heteroatoms. The van der Waals surface area contributed by atoms with E-state index in [4.69, 9.17) is 5.73 Å². The highest BCUT2D eigenvalue weighted by Gasteiger charge is 2.41. The quantitative estimate of drug-likeness (QED) is 0.774. The Morgan fingerprint density at radius 1 is 0.950 bits per heavy atom. The molecule has 1 aliphatic carbocycles. The van der Waals surface area contributed by atoms with Crippen LogP contribution in [0.15, 0.2) is 48.5 Å². The van der Waals surface area contributed by atoms with Crippen molar-refractivity contribution in [3.63, 3.8) is 0 Å². The van der Waals surface area contributed by atoms with Gasteiger partial charge in [-0.15, -0.1) is 0 Å². The van der Waals surface area contributed by atoms with Gasteiger partial charge in [0.1, 0.15) is 0 Å². The molecule has 1 heterocycles. The normalized spacial score (nSPS) is 27.9. The third-order valence-electron chi connectivity index (χ3n) is 4.90. The molecule has 2 aliphatic rings. The summed E-state index contributed by atoms with van der Waals surface area (Å²) in [7, 11) is 0. The highest BCUT2D eigenvalue weighted by atomic mass is 14.9. The third-order valence-corrected chi connectivity index (χ3v) is 4.90. The number of anilines is 1. The molecule has 1 fully saturated rings. The van der Waals surface area contributed by atoms with Gasteiger partial charge in [0.05, 0.1) is 0 Å². The molecule has 0 bridgehead atoms. The summed E-state index contributed by atoms with van der Waals surface area (Å²) in [5.41, 5.74) is 11.1. The second kappa shape index (κ2) is 4.64. The maximum Gasteiger partial charge on any atom is 0.0360 e. The predicted octanol–water partition coefficient (Wildman–Crippen LogP) is 3.46. The van der Waals surface area contributed by atoms with Gasteiger partial charge in [-0.05, 0) is 54.1 Å². The topological polar surface area (TPSA) is 38.0 Å². The predicted molar refractivity (Wildman–Crippen MR) is 82.6 cm³/mol. The lowest BCUT2D eigenvalue weighted by Gasteiger charge is -2.31. The SMILES string of the molecule is Nc1ccc([C@@H]2c3ccccc3[C@H]3NCCC[C@@H]23)cc1. The Hall–Kier alpha value is -1.80. The van der Waals surface area contributed by atoms with Crippen LogP contribution in [0.3, 0.4) is 0 Å². The summed E-state index contributed by atoms with van der Waals surface area (Å²) in [6.07, 6.45) is 2.59. The first-order valence-corrected chi connectivity index (χ1v) is 7.52. The summed E-state index contributed by atoms with van der Waals surface area (Å²) in [5.74, 6) is 1.20. The van der Waals surface area contributed by atoms with Gasteiger partial charge in [-0.3, -0.25) is 0 Å². The Balaban J connectivity index is 1.83. The number of nitrogens with one attached hydrogen (secondary N) is 1. The largest absolute Gasteiger partial charge is 0.399 e. The van der Waals surface area contributed by atoms with Gasteiger partial charge in [-0.25, -0.2) is 0 Å². The number of fused-ring (bicyclic) bond motifs is 3. The molecule has 1 saturated heterocycles. The van der Waals surface area contributed by atoms with Gasteiger partial charge in [-0.1, -0.05) is 36.4 Å². The van der Waals surface area contributed by atoms with E-state index in [-0.39, 0.29) is 0 Å². The number of piperidine rings is 1. The van der Waals surface area contributed by atoms with Crippen molar-refractivity contribution in [2.45, 2.75) is 24.8 Å². The van der Waals surface area contributed by atoms with E-state index >= 15 is 0 Å². The molecule has 0 radical (unpaired) electrons. The molecule has 0 unspecified atom stereocenters. The van der Waals surface area contributed by atoms with Crippen LogP contribution in [0.1, 0.15) is 41.5 Å². The van der Waals surface area contributed by atoms with Gasteiger partial charge in [0.15, 0.2) is 0 Å². The lowest BCUT2D eigenvalue weighted by atomic mass is 9.80. The Morgan fingerprint density at radius 2 is 1.70 bits per heavy atom. The van der Waals surface area contributed by atoms with Gasteiger partial charge in [0, 0.05) is 17.6 Å². The van der Waals surface area contributed by atoms with Crippen molar-refractivity contribution < 1.29 is 0 Å². The Kier molecular flexibility index (Phi) is 2.78. The second-order valence-corrected chi connectivity index (χ2v) is 6.01. The number of hydrogen-bond donors (Lipinski definition) is 2. The monoisotopic (exact) mass is 264 g/mol. The highest BCUT2D eigenvalue weighted by molar-refractivity contribution is 5.49. The zero-order valence-electron chi connectivity index (χ0n) is 11.5. The maximum atomic E-state index is 5.84. The van der Waals surface area contributed by atoms with Crippen LogP contribution in [0.2, 0.25) is 0 Å². The van der Waals surface area contributed by atoms with Crippen molar-refractivity contribution in [1.82, 2.24) is 5.32 Å². The molecule has 20 heavy (non-hydrogen) atoms. The number of benzene rings is 2. The molecular formula is C18H20N2. The number of nitrogen functional groups attached to an aromatic ring is 1. The molecule has 0 aromatic heterocycles. The average Bonchev–Trinajstić information content (AvgIpc) is 2.83. The Bertz CT molecular complexity index is 618. The van der Waals surface area contributed by atoms with Crippen LogP contribution in [0.25, 0.3) is 0 Å². The van der Waals surface area contributed by atoms with Crippen molar-refractivity contribution in [3.8, 4) is 0 Å². The van der Waals surface area contributed by atoms with Crippen LogP contribution < -0.4 is 11.1 Å². The van der Waals surface area contributed by atoms with E-state index in [2.05, 4.69) is 41.7 Å². The number of hydrogen-bond acceptors (Lipinski definition) is 2. The minimum Gasteiger partial charge on any atom is -0.399 e. The highest BCUT2D eigenvalue weighted by Crippen LogP contribution is 2.51. The molecule has 4 rings (SSSR count). The maximum absolute atomic E-state index is 5.84. The Morgan fingerprint density at radius 3 is 2.50 bits per heavy atom. The van der Waals surface area contributed by atoms with Crippen LogP contribution in [0.4, 0.5) is 5.69 Å². The minimum absolute atomic E-state index is 0.518. The van der Waals surface area contributed by atoms with Crippen molar-refractivity contribution >= 4 is 5.69 Å². The number of nitrogens with two attached hydrogens (primary N) is 1. The van der Waals surface area contributed by atoms with Crippen LogP contribution >= 0.6 is 0 Å². The average molecular weight is 264 g/mol. The first-order valence-electron chi connectivity index (χ1n) is 7.52. The van der Waals surface area contributed by atoms with Crippen LogP contribution in [-0.2, 0) is 0 Å². The molecule has 2 aromatic rings. The zero-order valence-corrected chi connectivity index (χ0v) is 11.5. The summed E-state index contributed by atoms with van der Waals surface area (Å²) < 4.78 is 0. The van der Waals surface area contributed by atoms with Gasteiger partial charge >= 0.3 is 0 Å². The molecule has 1 aliphatic heterocycles. The summed E-state index contributed by atoms with van der Waals surface area (Å²) in [5, 5.41) is 3.72. The van der Waals surface area contributed by atoms with Crippen LogP contribution in [0.5, 0.6) is 0 Å². The Labute approximate surface area is 120 Å². The third kappa shape index (κ3) is 1.75. The molecule has 0 spiro atoms. The van der Waals surface area contributed by atoms with Crippen molar-refractivity contribution in [2.24, 2.45) is 5.92 Å². The van der Waals surface area contributed by atoms with E-state index < -0.39 is 0 Å². The van der Waals surface area contributed by atoms with Crippen molar-refractivity contribution in [3.05, 3.63) is 65.2 Å². The van der Waals surface area contributed by atoms with Crippen molar-refractivity contribution in [2.75, 3.05) is 12.3 Å². The van der Waals surface area contributed by atoms with Crippen LogP contribution in [0, 0.1) is 5.92 Å². The molecule has 2 nitrogen and oxygen atoms in total. The first kappa shape index (κ1) is 12.0. The van der Waals surface area contributed by atoms with E-state index in [1.807, 2.05) is 12.1 Å². The smallest absolute Gasteiger partial charge is 0.0360 e. The van der Waals surface area contributed by atoms with Crippen LogP contribution in [-0.4, -0.2) is 6.54 Å². The number of rotatable bonds is 1. The van der Waals surface area contributed by atoms with Gasteiger partial charge < -0.3 is 11.1 Å². The van der Waals surface area contributed by atoms with Gasteiger partial charge in [-0.2, -0.15) is 0 Å².